The summed E-state index contributed by atoms with van der Waals surface area (Å²) in [6.45, 7) is 19.6. The maximum Gasteiger partial charge on any atom is 0.515 e. The highest BCUT2D eigenvalue weighted by Gasteiger charge is 2.50. The lowest BCUT2D eigenvalue weighted by molar-refractivity contribution is 0.0701. The Morgan fingerprint density at radius 2 is 0.741 bits per heavy atom. The fourth-order valence-electron chi connectivity index (χ4n) is 2.42. The highest BCUT2D eigenvalue weighted by Crippen LogP contribution is 2.45. The van der Waals surface area contributed by atoms with Crippen LogP contribution in [-0.4, -0.2) is 67.0 Å². The van der Waals surface area contributed by atoms with Gasteiger partial charge in [0.1, 0.15) is 0 Å². The Labute approximate surface area is 180 Å². The summed E-state index contributed by atoms with van der Waals surface area (Å²) in [5, 5.41) is 0. The van der Waals surface area contributed by atoms with Gasteiger partial charge in [0.2, 0.25) is 0 Å². The second-order valence-corrected chi connectivity index (χ2v) is 16.8. The van der Waals surface area contributed by atoms with Crippen LogP contribution in [0.25, 0.3) is 0 Å². The molecule has 0 N–H and O–H groups in total. The molecule has 2 atom stereocenters. The lowest BCUT2D eigenvalue weighted by Gasteiger charge is -2.34. The molecule has 164 valence electrons. The third kappa shape index (κ3) is 9.28. The van der Waals surface area contributed by atoms with Crippen LogP contribution in [-0.2, 0) is 26.6 Å². The van der Waals surface area contributed by atoms with Gasteiger partial charge in [0.05, 0.1) is 9.75 Å². The van der Waals surface area contributed by atoms with Crippen LogP contribution in [0.1, 0.15) is 55.4 Å². The third-order valence-corrected chi connectivity index (χ3v) is 17.4. The molecule has 6 nitrogen and oxygen atoms in total. The zero-order valence-electron chi connectivity index (χ0n) is 18.1. The minimum Gasteiger partial charge on any atom is -0.373 e. The van der Waals surface area contributed by atoms with E-state index in [4.69, 9.17) is 26.6 Å². The minimum atomic E-state index is -2.72. The number of hydrogen-bond acceptors (Lipinski definition) is 9. The van der Waals surface area contributed by atoms with Gasteiger partial charge in [-0.2, -0.15) is 0 Å². The molecule has 0 aromatic carbocycles. The highest BCUT2D eigenvalue weighted by molar-refractivity contribution is 9.09. The fraction of sp³-hybridized carbons (Fsp3) is 1.00. The van der Waals surface area contributed by atoms with Crippen LogP contribution in [0.15, 0.2) is 0 Å². The lowest BCUT2D eigenvalue weighted by Crippen LogP contribution is -2.54. The maximum absolute atomic E-state index is 6.00. The minimum absolute atomic E-state index is 0.115. The summed E-state index contributed by atoms with van der Waals surface area (Å²) in [6, 6.07) is 0. The van der Waals surface area contributed by atoms with E-state index in [9.17, 15) is 0 Å². The molecule has 0 aliphatic heterocycles. The summed E-state index contributed by atoms with van der Waals surface area (Å²) < 4.78 is 36.0. The van der Waals surface area contributed by atoms with E-state index in [1.807, 2.05) is 41.5 Å². The Kier molecular flexibility index (Phi) is 16.7. The summed E-state index contributed by atoms with van der Waals surface area (Å²) in [5.41, 5.74) is 0. The first-order valence-electron chi connectivity index (χ1n) is 9.74. The van der Waals surface area contributed by atoms with E-state index in [0.717, 1.165) is 0 Å². The van der Waals surface area contributed by atoms with Gasteiger partial charge in [-0.15, -0.1) is 0 Å². The van der Waals surface area contributed by atoms with Gasteiger partial charge in [0.15, 0.2) is 0 Å². The van der Waals surface area contributed by atoms with Crippen molar-refractivity contribution in [2.45, 2.75) is 65.1 Å². The molecule has 2 unspecified atom stereocenters. The molecule has 0 radical (unpaired) electrons. The third-order valence-electron chi connectivity index (χ3n) is 3.44. The Balaban J connectivity index is 4.95. The molecule has 0 spiro atoms. The second kappa shape index (κ2) is 16.0. The average Bonchev–Trinajstić information content (AvgIpc) is 2.62. The summed E-state index contributed by atoms with van der Waals surface area (Å²) in [7, 11) is -0.283. The van der Waals surface area contributed by atoms with Crippen molar-refractivity contribution in [3.63, 3.8) is 0 Å². The van der Waals surface area contributed by atoms with E-state index in [1.54, 1.807) is 31.4 Å². The van der Waals surface area contributed by atoms with Gasteiger partial charge >= 0.3 is 17.6 Å². The zero-order chi connectivity index (χ0) is 20.8. The predicted octanol–water partition coefficient (Wildman–Crippen LogP) is 4.97. The normalized spacial score (nSPS) is 15.1. The van der Waals surface area contributed by atoms with Crippen molar-refractivity contribution in [2.24, 2.45) is 0 Å². The zero-order valence-corrected chi connectivity index (χ0v) is 22.5. The van der Waals surface area contributed by atoms with Crippen molar-refractivity contribution in [3.8, 4) is 0 Å². The Morgan fingerprint density at radius 3 is 0.926 bits per heavy atom. The molecule has 27 heavy (non-hydrogen) atoms. The van der Waals surface area contributed by atoms with Crippen LogP contribution in [0.4, 0.5) is 0 Å². The van der Waals surface area contributed by atoms with Crippen LogP contribution < -0.4 is 0 Å². The molecule has 0 rings (SSSR count). The van der Waals surface area contributed by atoms with Crippen molar-refractivity contribution < 1.29 is 26.6 Å². The summed E-state index contributed by atoms with van der Waals surface area (Å²) in [6.07, 6.45) is 0. The van der Waals surface area contributed by atoms with E-state index in [0.29, 0.717) is 39.6 Å². The molecule has 0 bridgehead atoms. The SMILES string of the molecule is CCO[Si](OCC)(OCC)C(C)SSSC(C)[Si](OCC)(OCC)OCC. The fourth-order valence-corrected chi connectivity index (χ4v) is 16.8. The van der Waals surface area contributed by atoms with Crippen LogP contribution in [0.3, 0.4) is 0 Å². The van der Waals surface area contributed by atoms with Crippen molar-refractivity contribution in [1.29, 1.82) is 0 Å². The molecule has 0 heterocycles. The van der Waals surface area contributed by atoms with Gasteiger partial charge in [0, 0.05) is 39.6 Å². The quantitative estimate of drug-likeness (QED) is 0.201. The first-order chi connectivity index (χ1) is 12.9. The van der Waals surface area contributed by atoms with Crippen molar-refractivity contribution in [2.75, 3.05) is 39.6 Å². The highest BCUT2D eigenvalue weighted by atomic mass is 33.5. The van der Waals surface area contributed by atoms with E-state index < -0.39 is 17.6 Å². The van der Waals surface area contributed by atoms with Gasteiger partial charge in [-0.25, -0.2) is 0 Å². The summed E-state index contributed by atoms with van der Waals surface area (Å²) in [4.78, 5) is 0.230. The summed E-state index contributed by atoms with van der Waals surface area (Å²) in [5.74, 6) is 0. The van der Waals surface area contributed by atoms with E-state index in [1.165, 1.54) is 0 Å². The molecule has 0 saturated heterocycles. The van der Waals surface area contributed by atoms with Crippen molar-refractivity contribution in [3.05, 3.63) is 0 Å². The topological polar surface area (TPSA) is 55.4 Å². The molecule has 0 aliphatic rings. The molecule has 0 amide bonds. The van der Waals surface area contributed by atoms with Gasteiger partial charge in [-0.05, 0) is 65.2 Å². The van der Waals surface area contributed by atoms with E-state index in [-0.39, 0.29) is 9.75 Å². The monoisotopic (exact) mass is 478 g/mol. The second-order valence-electron chi connectivity index (χ2n) is 5.35. The molecule has 11 heteroatoms. The standard InChI is InChI=1S/C16H38O6S3Si2/c1-9-17-26(18-10-2,19-11-3)15(7)23-25-24-16(8)27(20-12-4,21-13-5)22-14-6/h15-16H,9-14H2,1-8H3. The average molecular weight is 479 g/mol. The van der Waals surface area contributed by atoms with Crippen LogP contribution in [0.5, 0.6) is 0 Å². The van der Waals surface area contributed by atoms with Crippen LogP contribution in [0, 0.1) is 0 Å². The lowest BCUT2D eigenvalue weighted by atomic mass is 10.9. The Bertz CT molecular complexity index is 305. The first-order valence-corrected chi connectivity index (χ1v) is 16.9. The molecule has 0 aromatic heterocycles. The predicted molar refractivity (Wildman–Crippen MR) is 123 cm³/mol. The first kappa shape index (κ1) is 28.2. The molecular weight excluding hydrogens is 441 g/mol. The van der Waals surface area contributed by atoms with Crippen LogP contribution >= 0.6 is 31.4 Å². The van der Waals surface area contributed by atoms with Gasteiger partial charge in [-0.3, -0.25) is 0 Å². The van der Waals surface area contributed by atoms with Crippen LogP contribution in [0.2, 0.25) is 0 Å². The number of hydrogen-bond donors (Lipinski definition) is 0. The smallest absolute Gasteiger partial charge is 0.373 e. The van der Waals surface area contributed by atoms with Gasteiger partial charge in [-0.1, -0.05) is 21.6 Å². The van der Waals surface area contributed by atoms with E-state index in [2.05, 4.69) is 13.8 Å². The Hall–Kier alpha value is 1.24. The van der Waals surface area contributed by atoms with Gasteiger partial charge < -0.3 is 26.6 Å². The van der Waals surface area contributed by atoms with Gasteiger partial charge in [0.25, 0.3) is 0 Å². The molecule has 0 aromatic rings. The molecule has 0 aliphatic carbocycles. The Morgan fingerprint density at radius 1 is 0.519 bits per heavy atom. The van der Waals surface area contributed by atoms with Crippen molar-refractivity contribution >= 4 is 49.0 Å². The number of rotatable bonds is 18. The molecule has 0 saturated carbocycles. The summed E-state index contributed by atoms with van der Waals surface area (Å²) >= 11 is 0. The maximum atomic E-state index is 6.00. The largest absolute Gasteiger partial charge is 0.515 e. The van der Waals surface area contributed by atoms with Crippen molar-refractivity contribution in [1.82, 2.24) is 0 Å². The van der Waals surface area contributed by atoms with E-state index >= 15 is 0 Å². The molecular formula is C16H38O6S3Si2. The molecule has 0 fully saturated rings.